The highest BCUT2D eigenvalue weighted by atomic mass is 16.5. The highest BCUT2D eigenvalue weighted by Crippen LogP contribution is 2.08. The first-order chi connectivity index (χ1) is 7.24. The Bertz CT molecular complexity index is 192. The molecule has 0 saturated carbocycles. The maximum atomic E-state index is 11.1. The van der Waals surface area contributed by atoms with Gasteiger partial charge in [-0.2, -0.15) is 0 Å². The predicted molar refractivity (Wildman–Crippen MR) is 54.4 cm³/mol. The zero-order chi connectivity index (χ0) is 11.1. The van der Waals surface area contributed by atoms with Crippen LogP contribution in [0.4, 0.5) is 0 Å². The van der Waals surface area contributed by atoms with Crippen molar-refractivity contribution < 1.29 is 19.0 Å². The van der Waals surface area contributed by atoms with Crippen LogP contribution in [0.25, 0.3) is 0 Å². The van der Waals surface area contributed by atoms with Gasteiger partial charge in [0.1, 0.15) is 6.04 Å². The molecule has 5 heteroatoms. The van der Waals surface area contributed by atoms with Gasteiger partial charge in [0.15, 0.2) is 0 Å². The van der Waals surface area contributed by atoms with E-state index in [0.717, 1.165) is 13.0 Å². The Morgan fingerprint density at radius 1 is 1.67 bits per heavy atom. The Kier molecular flexibility index (Phi) is 5.60. The molecule has 5 nitrogen and oxygen atoms in total. The molecule has 0 aromatic heterocycles. The van der Waals surface area contributed by atoms with Crippen molar-refractivity contribution in [3.63, 3.8) is 0 Å². The minimum atomic E-state index is -0.577. The number of ether oxygens (including phenoxy) is 3. The standard InChI is InChI=1S/C10H19NO4/c1-2-14-10(12)9(11)4-6-15-8-3-5-13-7-8/h8-9H,2-7,11H2,1H3. The number of carbonyl (C=O) groups excluding carboxylic acids is 1. The van der Waals surface area contributed by atoms with Crippen LogP contribution in [-0.4, -0.2) is 44.5 Å². The summed E-state index contributed by atoms with van der Waals surface area (Å²) in [5.74, 6) is -0.358. The highest BCUT2D eigenvalue weighted by molar-refractivity contribution is 5.75. The van der Waals surface area contributed by atoms with Crippen molar-refractivity contribution in [3.8, 4) is 0 Å². The number of nitrogens with two attached hydrogens (primary N) is 1. The Morgan fingerprint density at radius 3 is 3.07 bits per heavy atom. The molecule has 2 N–H and O–H groups in total. The van der Waals surface area contributed by atoms with E-state index < -0.39 is 6.04 Å². The fourth-order valence-electron chi connectivity index (χ4n) is 1.37. The molecule has 2 unspecified atom stereocenters. The molecular weight excluding hydrogens is 198 g/mol. The Morgan fingerprint density at radius 2 is 2.47 bits per heavy atom. The van der Waals surface area contributed by atoms with Crippen LogP contribution in [-0.2, 0) is 19.0 Å². The van der Waals surface area contributed by atoms with E-state index in [1.807, 2.05) is 0 Å². The van der Waals surface area contributed by atoms with Gasteiger partial charge < -0.3 is 19.9 Å². The normalized spacial score (nSPS) is 22.7. The number of esters is 1. The van der Waals surface area contributed by atoms with Gasteiger partial charge in [-0.05, 0) is 19.8 Å². The van der Waals surface area contributed by atoms with E-state index >= 15 is 0 Å². The van der Waals surface area contributed by atoms with Crippen LogP contribution in [0.1, 0.15) is 19.8 Å². The molecule has 0 amide bonds. The Labute approximate surface area is 89.9 Å². The Hall–Kier alpha value is -0.650. The lowest BCUT2D eigenvalue weighted by molar-refractivity contribution is -0.145. The van der Waals surface area contributed by atoms with E-state index in [4.69, 9.17) is 19.9 Å². The van der Waals surface area contributed by atoms with E-state index in [2.05, 4.69) is 0 Å². The molecule has 1 heterocycles. The van der Waals surface area contributed by atoms with E-state index in [-0.39, 0.29) is 12.1 Å². The zero-order valence-electron chi connectivity index (χ0n) is 9.11. The first-order valence-electron chi connectivity index (χ1n) is 5.35. The average molecular weight is 217 g/mol. The zero-order valence-corrected chi connectivity index (χ0v) is 9.11. The third-order valence-electron chi connectivity index (χ3n) is 2.26. The van der Waals surface area contributed by atoms with Gasteiger partial charge in [0.2, 0.25) is 0 Å². The molecule has 1 rings (SSSR count). The van der Waals surface area contributed by atoms with Crippen LogP contribution in [0.15, 0.2) is 0 Å². The lowest BCUT2D eigenvalue weighted by Gasteiger charge is -2.13. The molecule has 2 atom stereocenters. The first-order valence-corrected chi connectivity index (χ1v) is 5.35. The van der Waals surface area contributed by atoms with Crippen LogP contribution < -0.4 is 5.73 Å². The molecule has 0 aromatic carbocycles. The van der Waals surface area contributed by atoms with E-state index in [1.54, 1.807) is 6.92 Å². The first kappa shape index (κ1) is 12.4. The molecule has 1 fully saturated rings. The van der Waals surface area contributed by atoms with Crippen molar-refractivity contribution in [1.29, 1.82) is 0 Å². The van der Waals surface area contributed by atoms with Crippen LogP contribution in [0.3, 0.4) is 0 Å². The van der Waals surface area contributed by atoms with Crippen LogP contribution in [0.5, 0.6) is 0 Å². The molecule has 0 radical (unpaired) electrons. The quantitative estimate of drug-likeness (QED) is 0.638. The lowest BCUT2D eigenvalue weighted by Crippen LogP contribution is -2.34. The summed E-state index contributed by atoms with van der Waals surface area (Å²) in [5, 5.41) is 0. The molecule has 0 spiro atoms. The van der Waals surface area contributed by atoms with E-state index in [0.29, 0.717) is 26.2 Å². The average Bonchev–Trinajstić information content (AvgIpc) is 2.71. The molecule has 0 aliphatic carbocycles. The monoisotopic (exact) mass is 217 g/mol. The molecule has 0 bridgehead atoms. The van der Waals surface area contributed by atoms with Crippen LogP contribution >= 0.6 is 0 Å². The smallest absolute Gasteiger partial charge is 0.322 e. The molecule has 1 aliphatic rings. The molecule has 88 valence electrons. The summed E-state index contributed by atoms with van der Waals surface area (Å²) in [7, 11) is 0. The summed E-state index contributed by atoms with van der Waals surface area (Å²) in [4.78, 5) is 11.1. The van der Waals surface area contributed by atoms with E-state index in [9.17, 15) is 4.79 Å². The Balaban J connectivity index is 2.05. The minimum Gasteiger partial charge on any atom is -0.465 e. The second-order valence-electron chi connectivity index (χ2n) is 3.50. The fraction of sp³-hybridized carbons (Fsp3) is 0.900. The van der Waals surface area contributed by atoms with Gasteiger partial charge in [-0.3, -0.25) is 4.79 Å². The second kappa shape index (κ2) is 6.76. The van der Waals surface area contributed by atoms with Gasteiger partial charge >= 0.3 is 5.97 Å². The minimum absolute atomic E-state index is 0.166. The van der Waals surface area contributed by atoms with Gasteiger partial charge in [-0.1, -0.05) is 0 Å². The van der Waals surface area contributed by atoms with Gasteiger partial charge in [-0.15, -0.1) is 0 Å². The van der Waals surface area contributed by atoms with Gasteiger partial charge in [0, 0.05) is 13.2 Å². The number of hydrogen-bond acceptors (Lipinski definition) is 5. The topological polar surface area (TPSA) is 70.8 Å². The third kappa shape index (κ3) is 4.59. The SMILES string of the molecule is CCOC(=O)C(N)CCOC1CCOC1. The molecule has 15 heavy (non-hydrogen) atoms. The molecule has 0 aromatic rings. The van der Waals surface area contributed by atoms with Crippen molar-refractivity contribution in [3.05, 3.63) is 0 Å². The largest absolute Gasteiger partial charge is 0.465 e. The number of hydrogen-bond donors (Lipinski definition) is 1. The lowest BCUT2D eigenvalue weighted by atomic mass is 10.2. The van der Waals surface area contributed by atoms with E-state index in [1.165, 1.54) is 0 Å². The van der Waals surface area contributed by atoms with Gasteiger partial charge in [0.05, 0.1) is 19.3 Å². The summed E-state index contributed by atoms with van der Waals surface area (Å²) in [5.41, 5.74) is 5.60. The van der Waals surface area contributed by atoms with Gasteiger partial charge in [0.25, 0.3) is 0 Å². The van der Waals surface area contributed by atoms with Crippen molar-refractivity contribution >= 4 is 5.97 Å². The predicted octanol–water partition coefficient (Wildman–Crippen LogP) is 0.0724. The van der Waals surface area contributed by atoms with Crippen molar-refractivity contribution in [2.45, 2.75) is 31.9 Å². The van der Waals surface area contributed by atoms with Crippen molar-refractivity contribution in [2.24, 2.45) is 5.73 Å². The maximum absolute atomic E-state index is 11.1. The number of rotatable bonds is 6. The highest BCUT2D eigenvalue weighted by Gasteiger charge is 2.18. The fourth-order valence-corrected chi connectivity index (χ4v) is 1.37. The van der Waals surface area contributed by atoms with Crippen molar-refractivity contribution in [1.82, 2.24) is 0 Å². The summed E-state index contributed by atoms with van der Waals surface area (Å²) in [6.45, 7) is 4.01. The third-order valence-corrected chi connectivity index (χ3v) is 2.26. The summed E-state index contributed by atoms with van der Waals surface area (Å²) in [6.07, 6.45) is 1.59. The van der Waals surface area contributed by atoms with Crippen LogP contribution in [0, 0.1) is 0 Å². The summed E-state index contributed by atoms with van der Waals surface area (Å²) >= 11 is 0. The van der Waals surface area contributed by atoms with Crippen LogP contribution in [0.2, 0.25) is 0 Å². The van der Waals surface area contributed by atoms with Crippen molar-refractivity contribution in [2.75, 3.05) is 26.4 Å². The molecular formula is C10H19NO4. The number of carbonyl (C=O) groups is 1. The maximum Gasteiger partial charge on any atom is 0.322 e. The summed E-state index contributed by atoms with van der Waals surface area (Å²) < 4.78 is 15.4. The molecule has 1 saturated heterocycles. The molecule has 1 aliphatic heterocycles. The van der Waals surface area contributed by atoms with Gasteiger partial charge in [-0.25, -0.2) is 0 Å². The second-order valence-corrected chi connectivity index (χ2v) is 3.50. The summed E-state index contributed by atoms with van der Waals surface area (Å²) in [6, 6.07) is -0.577.